The van der Waals surface area contributed by atoms with Gasteiger partial charge in [-0.3, -0.25) is 9.59 Å². The minimum atomic E-state index is -1.06. The molecule has 98 valence electrons. The third-order valence-corrected chi connectivity index (χ3v) is 3.30. The summed E-state index contributed by atoms with van der Waals surface area (Å²) in [5.74, 6) is -2.34. The second kappa shape index (κ2) is 5.22. The Morgan fingerprint density at radius 1 is 1.11 bits per heavy atom. The molecular weight excluding hydrogens is 240 g/mol. The number of hydrogen-bond donors (Lipinski definition) is 1. The number of carboxylic acid groups (broad SMARTS) is 1. The van der Waals surface area contributed by atoms with Crippen LogP contribution >= 0.6 is 0 Å². The molecule has 1 unspecified atom stereocenters. The quantitative estimate of drug-likeness (QED) is 0.673. The van der Waals surface area contributed by atoms with Crippen LogP contribution in [-0.4, -0.2) is 16.9 Å². The lowest BCUT2D eigenvalue weighted by Gasteiger charge is -2.09. The largest absolute Gasteiger partial charge is 0.481 e. The molecule has 1 atom stereocenters. The first kappa shape index (κ1) is 13.3. The Kier molecular flexibility index (Phi) is 3.65. The minimum Gasteiger partial charge on any atom is -0.481 e. The van der Waals surface area contributed by atoms with Crippen LogP contribution in [-0.2, 0) is 4.79 Å². The molecule has 0 amide bonds. The average Bonchev–Trinajstić information content (AvgIpc) is 2.38. The predicted molar refractivity (Wildman–Crippen MR) is 74.4 cm³/mol. The van der Waals surface area contributed by atoms with Gasteiger partial charge >= 0.3 is 5.97 Å². The average molecular weight is 256 g/mol. The molecule has 2 aromatic carbocycles. The highest BCUT2D eigenvalue weighted by molar-refractivity contribution is 6.09. The molecule has 0 aliphatic heterocycles. The van der Waals surface area contributed by atoms with Crippen molar-refractivity contribution < 1.29 is 14.7 Å². The van der Waals surface area contributed by atoms with Crippen LogP contribution in [0.1, 0.15) is 29.3 Å². The Morgan fingerprint density at radius 2 is 1.74 bits per heavy atom. The lowest BCUT2D eigenvalue weighted by molar-refractivity contribution is -0.140. The summed E-state index contributed by atoms with van der Waals surface area (Å²) in [6.07, 6.45) is 0.306. The topological polar surface area (TPSA) is 54.4 Å². The molecule has 1 N–H and O–H groups in total. The summed E-state index contributed by atoms with van der Waals surface area (Å²) in [4.78, 5) is 23.2. The zero-order valence-electron chi connectivity index (χ0n) is 11.0. The predicted octanol–water partition coefficient (Wildman–Crippen LogP) is 3.44. The van der Waals surface area contributed by atoms with E-state index in [0.717, 1.165) is 16.3 Å². The zero-order valence-corrected chi connectivity index (χ0v) is 11.0. The van der Waals surface area contributed by atoms with E-state index in [1.54, 1.807) is 19.1 Å². The Hall–Kier alpha value is -2.16. The molecule has 2 rings (SSSR count). The molecule has 0 aromatic heterocycles. The van der Waals surface area contributed by atoms with Crippen molar-refractivity contribution in [3.8, 4) is 0 Å². The molecule has 0 saturated carbocycles. The summed E-state index contributed by atoms with van der Waals surface area (Å²) in [7, 11) is 0. The van der Waals surface area contributed by atoms with E-state index in [1.165, 1.54) is 0 Å². The van der Waals surface area contributed by atoms with Gasteiger partial charge < -0.3 is 5.11 Å². The van der Waals surface area contributed by atoms with E-state index in [2.05, 4.69) is 0 Å². The normalized spacial score (nSPS) is 12.3. The van der Waals surface area contributed by atoms with Crippen molar-refractivity contribution in [3.63, 3.8) is 0 Å². The van der Waals surface area contributed by atoms with E-state index >= 15 is 0 Å². The second-order valence-electron chi connectivity index (χ2n) is 4.73. The number of carbonyl (C=O) groups excluding carboxylic acids is 1. The fourth-order valence-corrected chi connectivity index (χ4v) is 2.19. The number of hydrogen-bond acceptors (Lipinski definition) is 2. The van der Waals surface area contributed by atoms with Gasteiger partial charge in [-0.25, -0.2) is 0 Å². The second-order valence-corrected chi connectivity index (χ2v) is 4.73. The standard InChI is InChI=1S/C16H16O3/c1-3-14(16(18)19)15(17)13-7-6-11-8-10(2)4-5-12(11)9-13/h4-9,14H,3H2,1-2H3,(H,18,19). The summed E-state index contributed by atoms with van der Waals surface area (Å²) >= 11 is 0. The summed E-state index contributed by atoms with van der Waals surface area (Å²) in [6.45, 7) is 3.72. The van der Waals surface area contributed by atoms with Crippen LogP contribution < -0.4 is 0 Å². The summed E-state index contributed by atoms with van der Waals surface area (Å²) < 4.78 is 0. The van der Waals surface area contributed by atoms with Gasteiger partial charge in [0.05, 0.1) is 0 Å². The van der Waals surface area contributed by atoms with Crippen LogP contribution in [0, 0.1) is 12.8 Å². The van der Waals surface area contributed by atoms with Crippen molar-refractivity contribution in [2.75, 3.05) is 0 Å². The lowest BCUT2D eigenvalue weighted by Crippen LogP contribution is -2.23. The van der Waals surface area contributed by atoms with Crippen LogP contribution in [0.2, 0.25) is 0 Å². The number of carbonyl (C=O) groups is 2. The molecule has 0 radical (unpaired) electrons. The summed E-state index contributed by atoms with van der Waals surface area (Å²) in [5.41, 5.74) is 1.62. The highest BCUT2D eigenvalue weighted by Crippen LogP contribution is 2.20. The van der Waals surface area contributed by atoms with Crippen LogP contribution in [0.25, 0.3) is 10.8 Å². The first-order valence-electron chi connectivity index (χ1n) is 6.30. The molecule has 0 heterocycles. The number of fused-ring (bicyclic) bond motifs is 1. The molecule has 3 heteroatoms. The molecule has 0 aliphatic rings. The minimum absolute atomic E-state index is 0.306. The van der Waals surface area contributed by atoms with Crippen LogP contribution in [0.5, 0.6) is 0 Å². The molecular formula is C16H16O3. The van der Waals surface area contributed by atoms with Crippen molar-refractivity contribution in [2.24, 2.45) is 5.92 Å². The van der Waals surface area contributed by atoms with Crippen molar-refractivity contribution >= 4 is 22.5 Å². The first-order valence-corrected chi connectivity index (χ1v) is 6.30. The molecule has 0 spiro atoms. The fraction of sp³-hybridized carbons (Fsp3) is 0.250. The highest BCUT2D eigenvalue weighted by atomic mass is 16.4. The van der Waals surface area contributed by atoms with Gasteiger partial charge in [-0.1, -0.05) is 42.8 Å². The fourth-order valence-electron chi connectivity index (χ4n) is 2.19. The summed E-state index contributed by atoms with van der Waals surface area (Å²) in [6, 6.07) is 11.3. The van der Waals surface area contributed by atoms with Gasteiger partial charge in [0, 0.05) is 5.56 Å². The molecule has 19 heavy (non-hydrogen) atoms. The lowest BCUT2D eigenvalue weighted by atomic mass is 9.93. The van der Waals surface area contributed by atoms with E-state index in [0.29, 0.717) is 12.0 Å². The van der Waals surface area contributed by atoms with Crippen molar-refractivity contribution in [3.05, 3.63) is 47.5 Å². The van der Waals surface area contributed by atoms with Gasteiger partial charge in [-0.2, -0.15) is 0 Å². The van der Waals surface area contributed by atoms with Gasteiger partial charge in [0.15, 0.2) is 5.78 Å². The number of Topliss-reactive ketones (excluding diaryl/α,β-unsaturated/α-hetero) is 1. The van der Waals surface area contributed by atoms with E-state index in [9.17, 15) is 9.59 Å². The number of carboxylic acids is 1. The SMILES string of the molecule is CCC(C(=O)O)C(=O)c1ccc2cc(C)ccc2c1. The molecule has 0 bridgehead atoms. The van der Waals surface area contributed by atoms with E-state index in [1.807, 2.05) is 31.2 Å². The van der Waals surface area contributed by atoms with Crippen molar-refractivity contribution in [1.29, 1.82) is 0 Å². The third-order valence-electron chi connectivity index (χ3n) is 3.30. The van der Waals surface area contributed by atoms with Crippen LogP contribution in [0.4, 0.5) is 0 Å². The Morgan fingerprint density at radius 3 is 2.37 bits per heavy atom. The number of aryl methyl sites for hydroxylation is 1. The summed E-state index contributed by atoms with van der Waals surface area (Å²) in [5, 5.41) is 11.0. The monoisotopic (exact) mass is 256 g/mol. The maximum atomic E-state index is 12.1. The molecule has 0 saturated heterocycles. The number of aliphatic carboxylic acids is 1. The Balaban J connectivity index is 2.43. The maximum absolute atomic E-state index is 12.1. The Bertz CT molecular complexity index is 643. The van der Waals surface area contributed by atoms with Gasteiger partial charge in [-0.05, 0) is 30.2 Å². The first-order chi connectivity index (χ1) is 9.02. The molecule has 3 nitrogen and oxygen atoms in total. The molecule has 2 aromatic rings. The van der Waals surface area contributed by atoms with Gasteiger partial charge in [0.25, 0.3) is 0 Å². The van der Waals surface area contributed by atoms with Crippen molar-refractivity contribution in [1.82, 2.24) is 0 Å². The van der Waals surface area contributed by atoms with E-state index in [4.69, 9.17) is 5.11 Å². The smallest absolute Gasteiger partial charge is 0.314 e. The zero-order chi connectivity index (χ0) is 14.0. The van der Waals surface area contributed by atoms with Gasteiger partial charge in [-0.15, -0.1) is 0 Å². The Labute approximate surface area is 111 Å². The molecule has 0 fully saturated rings. The van der Waals surface area contributed by atoms with Gasteiger partial charge in [0.1, 0.15) is 5.92 Å². The number of benzene rings is 2. The van der Waals surface area contributed by atoms with Crippen LogP contribution in [0.15, 0.2) is 36.4 Å². The van der Waals surface area contributed by atoms with E-state index in [-0.39, 0.29) is 5.78 Å². The van der Waals surface area contributed by atoms with Gasteiger partial charge in [0.2, 0.25) is 0 Å². The van der Waals surface area contributed by atoms with Crippen LogP contribution in [0.3, 0.4) is 0 Å². The molecule has 0 aliphatic carbocycles. The highest BCUT2D eigenvalue weighted by Gasteiger charge is 2.25. The van der Waals surface area contributed by atoms with Crippen molar-refractivity contribution in [2.45, 2.75) is 20.3 Å². The van der Waals surface area contributed by atoms with E-state index < -0.39 is 11.9 Å². The third kappa shape index (κ3) is 2.65. The number of ketones is 1. The number of rotatable bonds is 4. The maximum Gasteiger partial charge on any atom is 0.314 e.